The highest BCUT2D eigenvalue weighted by molar-refractivity contribution is 5.86. The van der Waals surface area contributed by atoms with E-state index in [1.165, 1.54) is 0 Å². The molecule has 0 atom stereocenters. The van der Waals surface area contributed by atoms with Crippen molar-refractivity contribution in [2.24, 2.45) is 0 Å². The minimum atomic E-state index is -0.868. The highest BCUT2D eigenvalue weighted by atomic mass is 16.4. The van der Waals surface area contributed by atoms with Gasteiger partial charge in [0.2, 0.25) is 0 Å². The molecule has 4 nitrogen and oxygen atoms in total. The summed E-state index contributed by atoms with van der Waals surface area (Å²) in [7, 11) is 0. The van der Waals surface area contributed by atoms with E-state index in [9.17, 15) is 9.59 Å². The van der Waals surface area contributed by atoms with Crippen LogP contribution in [0.2, 0.25) is 0 Å². The van der Waals surface area contributed by atoms with Crippen molar-refractivity contribution in [2.75, 3.05) is 0 Å². The third-order valence-electron chi connectivity index (χ3n) is 3.15. The maximum absolute atomic E-state index is 11.8. The third kappa shape index (κ3) is 3.22. The smallest absolute Gasteiger partial charge is 0.303 e. The monoisotopic (exact) mass is 260 g/mol. The lowest BCUT2D eigenvalue weighted by atomic mass is 10.1. The maximum Gasteiger partial charge on any atom is 0.303 e. The number of carboxylic acid groups (broad SMARTS) is 1. The van der Waals surface area contributed by atoms with E-state index in [4.69, 9.17) is 9.52 Å². The van der Waals surface area contributed by atoms with E-state index in [-0.39, 0.29) is 25.0 Å². The Labute approximate surface area is 111 Å². The second-order valence-electron chi connectivity index (χ2n) is 4.61. The van der Waals surface area contributed by atoms with Gasteiger partial charge in [0.05, 0.1) is 6.42 Å². The highest BCUT2D eigenvalue weighted by Gasteiger charge is 2.13. The Kier molecular flexibility index (Phi) is 4.00. The molecular formula is C15H16O4. The molecule has 0 radical (unpaired) electrons. The van der Waals surface area contributed by atoms with E-state index in [1.54, 1.807) is 0 Å². The SMILES string of the molecule is Cc1c(CC(=O)CCCC(=O)O)oc2ccccc12. The van der Waals surface area contributed by atoms with Crippen LogP contribution >= 0.6 is 0 Å². The number of fused-ring (bicyclic) bond motifs is 1. The van der Waals surface area contributed by atoms with Crippen LogP contribution in [-0.2, 0) is 16.0 Å². The first-order valence-corrected chi connectivity index (χ1v) is 6.28. The Morgan fingerprint density at radius 1 is 1.21 bits per heavy atom. The van der Waals surface area contributed by atoms with Crippen molar-refractivity contribution >= 4 is 22.7 Å². The van der Waals surface area contributed by atoms with Crippen molar-refractivity contribution < 1.29 is 19.1 Å². The van der Waals surface area contributed by atoms with Gasteiger partial charge < -0.3 is 9.52 Å². The molecule has 4 heteroatoms. The van der Waals surface area contributed by atoms with Crippen LogP contribution in [0.3, 0.4) is 0 Å². The molecule has 0 saturated heterocycles. The van der Waals surface area contributed by atoms with Gasteiger partial charge in [0.1, 0.15) is 17.1 Å². The van der Waals surface area contributed by atoms with Crippen molar-refractivity contribution in [3.05, 3.63) is 35.6 Å². The molecule has 0 bridgehead atoms. The number of hydrogen-bond acceptors (Lipinski definition) is 3. The van der Waals surface area contributed by atoms with Crippen LogP contribution in [0.15, 0.2) is 28.7 Å². The van der Waals surface area contributed by atoms with Crippen LogP contribution in [-0.4, -0.2) is 16.9 Å². The second kappa shape index (κ2) is 5.69. The molecule has 0 aliphatic rings. The largest absolute Gasteiger partial charge is 0.481 e. The van der Waals surface area contributed by atoms with Crippen LogP contribution in [0.5, 0.6) is 0 Å². The molecule has 1 aromatic carbocycles. The molecule has 1 heterocycles. The molecule has 19 heavy (non-hydrogen) atoms. The molecule has 0 unspecified atom stereocenters. The maximum atomic E-state index is 11.8. The first kappa shape index (κ1) is 13.3. The zero-order chi connectivity index (χ0) is 13.8. The summed E-state index contributed by atoms with van der Waals surface area (Å²) < 4.78 is 5.66. The number of para-hydroxylation sites is 1. The zero-order valence-electron chi connectivity index (χ0n) is 10.8. The zero-order valence-corrected chi connectivity index (χ0v) is 10.8. The Balaban J connectivity index is 2.03. The average Bonchev–Trinajstić information content (AvgIpc) is 2.66. The average molecular weight is 260 g/mol. The molecule has 2 rings (SSSR count). The molecule has 0 spiro atoms. The van der Waals surface area contributed by atoms with E-state index in [0.717, 1.165) is 16.5 Å². The molecule has 2 aromatic rings. The van der Waals surface area contributed by atoms with Gasteiger partial charge in [0.25, 0.3) is 0 Å². The number of ketones is 1. The van der Waals surface area contributed by atoms with Crippen LogP contribution in [0.25, 0.3) is 11.0 Å². The number of Topliss-reactive ketones (excluding diaryl/α,β-unsaturated/α-hetero) is 1. The van der Waals surface area contributed by atoms with E-state index in [1.807, 2.05) is 31.2 Å². The second-order valence-corrected chi connectivity index (χ2v) is 4.61. The van der Waals surface area contributed by atoms with E-state index in [0.29, 0.717) is 12.2 Å². The number of carbonyl (C=O) groups excluding carboxylic acids is 1. The molecule has 100 valence electrons. The molecular weight excluding hydrogens is 244 g/mol. The number of hydrogen-bond donors (Lipinski definition) is 1. The van der Waals surface area contributed by atoms with Crippen molar-refractivity contribution in [3.63, 3.8) is 0 Å². The van der Waals surface area contributed by atoms with Gasteiger partial charge in [-0.2, -0.15) is 0 Å². The number of carboxylic acids is 1. The molecule has 0 aliphatic carbocycles. The van der Waals surface area contributed by atoms with Gasteiger partial charge in [-0.25, -0.2) is 0 Å². The Morgan fingerprint density at radius 2 is 1.95 bits per heavy atom. The fourth-order valence-corrected chi connectivity index (χ4v) is 2.10. The van der Waals surface area contributed by atoms with Gasteiger partial charge in [-0.3, -0.25) is 9.59 Å². The first-order valence-electron chi connectivity index (χ1n) is 6.28. The summed E-state index contributed by atoms with van der Waals surface area (Å²) >= 11 is 0. The topological polar surface area (TPSA) is 67.5 Å². The lowest BCUT2D eigenvalue weighted by molar-refractivity contribution is -0.137. The third-order valence-corrected chi connectivity index (χ3v) is 3.15. The van der Waals surface area contributed by atoms with Gasteiger partial charge in [-0.05, 0) is 25.0 Å². The van der Waals surface area contributed by atoms with Gasteiger partial charge in [0, 0.05) is 18.2 Å². The summed E-state index contributed by atoms with van der Waals surface area (Å²) in [4.78, 5) is 22.2. The van der Waals surface area contributed by atoms with Gasteiger partial charge in [-0.15, -0.1) is 0 Å². The predicted molar refractivity (Wildman–Crippen MR) is 71.1 cm³/mol. The van der Waals surface area contributed by atoms with Crippen LogP contribution < -0.4 is 0 Å². The molecule has 1 aromatic heterocycles. The molecule has 0 saturated carbocycles. The molecule has 1 N–H and O–H groups in total. The van der Waals surface area contributed by atoms with Crippen LogP contribution in [0.1, 0.15) is 30.6 Å². The van der Waals surface area contributed by atoms with E-state index >= 15 is 0 Å². The molecule has 0 aliphatic heterocycles. The van der Waals surface area contributed by atoms with E-state index < -0.39 is 5.97 Å². The minimum Gasteiger partial charge on any atom is -0.481 e. The van der Waals surface area contributed by atoms with Crippen molar-refractivity contribution in [3.8, 4) is 0 Å². The number of aryl methyl sites for hydroxylation is 1. The fourth-order valence-electron chi connectivity index (χ4n) is 2.10. The standard InChI is InChI=1S/C15H16O4/c1-10-12-6-2-3-7-13(12)19-14(10)9-11(16)5-4-8-15(17)18/h2-3,6-7H,4-5,8-9H2,1H3,(H,17,18). The number of carbonyl (C=O) groups is 2. The molecule has 0 amide bonds. The van der Waals surface area contributed by atoms with Gasteiger partial charge in [-0.1, -0.05) is 18.2 Å². The normalized spacial score (nSPS) is 10.8. The summed E-state index contributed by atoms with van der Waals surface area (Å²) in [6, 6.07) is 7.67. The fraction of sp³-hybridized carbons (Fsp3) is 0.333. The van der Waals surface area contributed by atoms with Crippen LogP contribution in [0, 0.1) is 6.92 Å². The summed E-state index contributed by atoms with van der Waals surface area (Å²) in [5.41, 5.74) is 1.77. The lowest BCUT2D eigenvalue weighted by Gasteiger charge is -1.98. The lowest BCUT2D eigenvalue weighted by Crippen LogP contribution is -2.04. The van der Waals surface area contributed by atoms with E-state index in [2.05, 4.69) is 0 Å². The summed E-state index contributed by atoms with van der Waals surface area (Å²) in [5.74, 6) is -0.169. The predicted octanol–water partition coefficient (Wildman–Crippen LogP) is 3.11. The number of aliphatic carboxylic acids is 1. The number of rotatable bonds is 6. The number of benzene rings is 1. The summed E-state index contributed by atoms with van der Waals surface area (Å²) in [5, 5.41) is 9.55. The number of furan rings is 1. The summed E-state index contributed by atoms with van der Waals surface area (Å²) in [6.45, 7) is 1.94. The highest BCUT2D eigenvalue weighted by Crippen LogP contribution is 2.25. The van der Waals surface area contributed by atoms with Gasteiger partial charge in [0.15, 0.2) is 0 Å². The quantitative estimate of drug-likeness (QED) is 0.866. The Hall–Kier alpha value is -2.10. The Morgan fingerprint density at radius 3 is 2.63 bits per heavy atom. The van der Waals surface area contributed by atoms with Crippen molar-refractivity contribution in [1.82, 2.24) is 0 Å². The molecule has 0 fully saturated rings. The first-order chi connectivity index (χ1) is 9.08. The van der Waals surface area contributed by atoms with Crippen LogP contribution in [0.4, 0.5) is 0 Å². The summed E-state index contributed by atoms with van der Waals surface area (Å²) in [6.07, 6.45) is 0.932. The van der Waals surface area contributed by atoms with Gasteiger partial charge >= 0.3 is 5.97 Å². The van der Waals surface area contributed by atoms with Crippen molar-refractivity contribution in [1.29, 1.82) is 0 Å². The van der Waals surface area contributed by atoms with Crippen molar-refractivity contribution in [2.45, 2.75) is 32.6 Å². The Bertz CT molecular complexity index is 610. The minimum absolute atomic E-state index is 0.0170.